The van der Waals surface area contributed by atoms with Crippen LogP contribution in [0.4, 0.5) is 0 Å². The van der Waals surface area contributed by atoms with Crippen LogP contribution in [0.25, 0.3) is 55.3 Å². The molecule has 10 aromatic rings. The van der Waals surface area contributed by atoms with Gasteiger partial charge in [-0.15, -0.1) is 0 Å². The highest BCUT2D eigenvalue weighted by Gasteiger charge is 2.46. The van der Waals surface area contributed by atoms with E-state index in [1.54, 1.807) is 0 Å². The average Bonchev–Trinajstić information content (AvgIpc) is 3.69. The molecule has 0 saturated heterocycles. The molecule has 12 rings (SSSR count). The van der Waals surface area contributed by atoms with Crippen LogP contribution in [0.1, 0.15) is 45.1 Å². The fraction of sp³-hybridized carbons (Fsp3) is 0.0323. The average molecular weight is 830 g/mol. The first-order valence-electron chi connectivity index (χ1n) is 22.3. The monoisotopic (exact) mass is 829 g/mol. The molecule has 0 saturated carbocycles. The van der Waals surface area contributed by atoms with Gasteiger partial charge in [-0.3, -0.25) is 0 Å². The van der Waals surface area contributed by atoms with E-state index < -0.39 is 5.41 Å². The number of hydrogen-bond donors (Lipinski definition) is 1. The van der Waals surface area contributed by atoms with Gasteiger partial charge in [-0.05, 0) is 89.2 Å². The molecule has 1 aliphatic heterocycles. The number of rotatable bonds is 8. The van der Waals surface area contributed by atoms with Gasteiger partial charge < -0.3 is 5.32 Å². The highest BCUT2D eigenvalue weighted by atomic mass is 15.2. The summed E-state index contributed by atoms with van der Waals surface area (Å²) in [4.78, 5) is 10.3. The van der Waals surface area contributed by atoms with Crippen LogP contribution in [0.2, 0.25) is 0 Å². The van der Waals surface area contributed by atoms with E-state index in [-0.39, 0.29) is 6.17 Å². The molecule has 1 aliphatic carbocycles. The van der Waals surface area contributed by atoms with Gasteiger partial charge in [0.25, 0.3) is 0 Å². The summed E-state index contributed by atoms with van der Waals surface area (Å²) < 4.78 is 0. The lowest BCUT2D eigenvalue weighted by Gasteiger charge is -2.34. The normalized spacial score (nSPS) is 14.7. The molecule has 3 heteroatoms. The van der Waals surface area contributed by atoms with Gasteiger partial charge in [-0.1, -0.05) is 243 Å². The Hall–Kier alpha value is -8.40. The SMILES string of the molecule is c1ccc(-c2ccc(C3=NC(c4ccccc4)NC(c4ccc(-c5c(-c6ccc7c(c6)C(c6ccccc6)(c6ccccc6)c6ccccc6-7)ccc6ccccc56)cc4)=N3)cc2)cc1. The quantitative estimate of drug-likeness (QED) is 0.163. The number of aliphatic imine (C=N–C) groups is 2. The van der Waals surface area contributed by atoms with E-state index in [4.69, 9.17) is 9.98 Å². The lowest BCUT2D eigenvalue weighted by atomic mass is 9.67. The van der Waals surface area contributed by atoms with Crippen molar-refractivity contribution in [2.75, 3.05) is 0 Å². The smallest absolute Gasteiger partial charge is 0.159 e. The van der Waals surface area contributed by atoms with Crippen LogP contribution in [-0.4, -0.2) is 11.7 Å². The second-order valence-corrected chi connectivity index (χ2v) is 16.9. The van der Waals surface area contributed by atoms with E-state index in [2.05, 4.69) is 242 Å². The summed E-state index contributed by atoms with van der Waals surface area (Å²) in [6.07, 6.45) is -0.290. The van der Waals surface area contributed by atoms with Gasteiger partial charge in [0.05, 0.1) is 5.41 Å². The van der Waals surface area contributed by atoms with E-state index in [9.17, 15) is 0 Å². The molecule has 306 valence electrons. The van der Waals surface area contributed by atoms with Crippen LogP contribution in [0.5, 0.6) is 0 Å². The third-order valence-electron chi connectivity index (χ3n) is 13.3. The lowest BCUT2D eigenvalue weighted by Crippen LogP contribution is -2.33. The third kappa shape index (κ3) is 6.60. The Balaban J connectivity index is 0.973. The van der Waals surface area contributed by atoms with Gasteiger partial charge in [0.15, 0.2) is 5.84 Å². The molecule has 10 aromatic carbocycles. The molecule has 0 bridgehead atoms. The molecule has 0 amide bonds. The number of amidine groups is 2. The van der Waals surface area contributed by atoms with Crippen molar-refractivity contribution in [2.45, 2.75) is 11.6 Å². The number of nitrogens with zero attached hydrogens (tertiary/aromatic N) is 2. The second-order valence-electron chi connectivity index (χ2n) is 16.9. The highest BCUT2D eigenvalue weighted by Crippen LogP contribution is 2.57. The first-order chi connectivity index (χ1) is 32.2. The maximum Gasteiger partial charge on any atom is 0.159 e. The minimum atomic E-state index is -0.486. The van der Waals surface area contributed by atoms with Crippen molar-refractivity contribution in [3.05, 3.63) is 288 Å². The number of nitrogens with one attached hydrogen (secondary N) is 1. The summed E-state index contributed by atoms with van der Waals surface area (Å²) >= 11 is 0. The van der Waals surface area contributed by atoms with Gasteiger partial charge in [0.1, 0.15) is 12.0 Å². The zero-order valence-electron chi connectivity index (χ0n) is 35.6. The van der Waals surface area contributed by atoms with Crippen LogP contribution < -0.4 is 5.32 Å². The van der Waals surface area contributed by atoms with E-state index in [1.807, 2.05) is 12.1 Å². The van der Waals surface area contributed by atoms with Crippen LogP contribution in [0, 0.1) is 0 Å². The first-order valence-corrected chi connectivity index (χ1v) is 22.3. The zero-order valence-corrected chi connectivity index (χ0v) is 35.6. The fourth-order valence-corrected chi connectivity index (χ4v) is 10.2. The maximum absolute atomic E-state index is 5.19. The van der Waals surface area contributed by atoms with Crippen molar-refractivity contribution in [1.29, 1.82) is 0 Å². The predicted molar refractivity (Wildman–Crippen MR) is 269 cm³/mol. The Morgan fingerprint density at radius 2 is 0.892 bits per heavy atom. The summed E-state index contributed by atoms with van der Waals surface area (Å²) in [5.74, 6) is 1.49. The van der Waals surface area contributed by atoms with E-state index in [0.29, 0.717) is 5.84 Å². The summed E-state index contributed by atoms with van der Waals surface area (Å²) in [5.41, 5.74) is 17.3. The number of benzene rings is 10. The molecule has 1 N–H and O–H groups in total. The van der Waals surface area contributed by atoms with Gasteiger partial charge in [0, 0.05) is 11.1 Å². The van der Waals surface area contributed by atoms with Crippen molar-refractivity contribution in [2.24, 2.45) is 9.98 Å². The molecule has 1 atom stereocenters. The summed E-state index contributed by atoms with van der Waals surface area (Å²) in [5, 5.41) is 6.09. The molecule has 65 heavy (non-hydrogen) atoms. The Kier molecular flexibility index (Phi) is 9.46. The topological polar surface area (TPSA) is 36.8 Å². The lowest BCUT2D eigenvalue weighted by molar-refractivity contribution is 0.674. The summed E-state index contributed by atoms with van der Waals surface area (Å²) in [6, 6.07) is 89.8. The molecular formula is C62H43N3. The summed E-state index contributed by atoms with van der Waals surface area (Å²) in [7, 11) is 0. The van der Waals surface area contributed by atoms with Gasteiger partial charge in [-0.2, -0.15) is 0 Å². The standard InChI is InChI=1S/C62H43N3/c1-5-17-42(18-6-1)43-29-33-47(34-30-43)60-63-59(46-20-7-2-8-21-46)64-61(65-60)48-35-31-45(32-36-48)58-52-26-14-13-19-44(52)37-39-53(58)49-38-40-55-54-27-15-16-28-56(54)62(57(55)41-49,50-22-9-3-10-23-50)51-24-11-4-12-25-51/h1-41,59H,(H,63,64,65). The van der Waals surface area contributed by atoms with Crippen molar-refractivity contribution < 1.29 is 0 Å². The van der Waals surface area contributed by atoms with Gasteiger partial charge in [-0.25, -0.2) is 9.98 Å². The maximum atomic E-state index is 5.19. The Bertz CT molecular complexity index is 3370. The minimum absolute atomic E-state index is 0.290. The molecule has 3 nitrogen and oxygen atoms in total. The van der Waals surface area contributed by atoms with Crippen molar-refractivity contribution in [3.8, 4) is 44.5 Å². The van der Waals surface area contributed by atoms with Crippen molar-refractivity contribution >= 4 is 22.4 Å². The van der Waals surface area contributed by atoms with Crippen LogP contribution >= 0.6 is 0 Å². The minimum Gasteiger partial charge on any atom is -0.344 e. The van der Waals surface area contributed by atoms with Gasteiger partial charge >= 0.3 is 0 Å². The Morgan fingerprint density at radius 3 is 1.62 bits per heavy atom. The Morgan fingerprint density at radius 1 is 0.369 bits per heavy atom. The first kappa shape index (κ1) is 38.3. The van der Waals surface area contributed by atoms with Crippen molar-refractivity contribution in [3.63, 3.8) is 0 Å². The fourth-order valence-electron chi connectivity index (χ4n) is 10.2. The highest BCUT2D eigenvalue weighted by molar-refractivity contribution is 6.13. The van der Waals surface area contributed by atoms with Crippen LogP contribution in [-0.2, 0) is 5.41 Å². The molecule has 2 aliphatic rings. The molecule has 0 spiro atoms. The van der Waals surface area contributed by atoms with E-state index in [0.717, 1.165) is 33.7 Å². The third-order valence-corrected chi connectivity index (χ3v) is 13.3. The van der Waals surface area contributed by atoms with Crippen molar-refractivity contribution in [1.82, 2.24) is 5.32 Å². The van der Waals surface area contributed by atoms with Gasteiger partial charge in [0.2, 0.25) is 0 Å². The molecule has 0 radical (unpaired) electrons. The predicted octanol–water partition coefficient (Wildman–Crippen LogP) is 14.7. The van der Waals surface area contributed by atoms with E-state index in [1.165, 1.54) is 66.4 Å². The molecule has 1 heterocycles. The van der Waals surface area contributed by atoms with E-state index >= 15 is 0 Å². The zero-order chi connectivity index (χ0) is 43.2. The number of fused-ring (bicyclic) bond motifs is 4. The summed E-state index contributed by atoms with van der Waals surface area (Å²) in [6.45, 7) is 0. The van der Waals surface area contributed by atoms with Crippen LogP contribution in [0.15, 0.2) is 259 Å². The van der Waals surface area contributed by atoms with Crippen LogP contribution in [0.3, 0.4) is 0 Å². The molecule has 1 unspecified atom stereocenters. The molecule has 0 fully saturated rings. The largest absolute Gasteiger partial charge is 0.344 e. The molecule has 0 aromatic heterocycles. The second kappa shape index (κ2) is 16.1. The number of hydrogen-bond acceptors (Lipinski definition) is 3. The Labute approximate surface area is 379 Å². The molecular weight excluding hydrogens is 787 g/mol.